The van der Waals surface area contributed by atoms with Gasteiger partial charge >= 0.3 is 5.97 Å². The molecule has 166 valence electrons. The molecule has 0 saturated carbocycles. The zero-order chi connectivity index (χ0) is 23.1. The third kappa shape index (κ3) is 3.99. The average Bonchev–Trinajstić information content (AvgIpc) is 3.36. The van der Waals surface area contributed by atoms with Crippen LogP contribution in [-0.2, 0) is 10.3 Å². The second-order valence-corrected chi connectivity index (χ2v) is 8.68. The van der Waals surface area contributed by atoms with E-state index >= 15 is 0 Å². The van der Waals surface area contributed by atoms with Gasteiger partial charge in [-0.15, -0.1) is 11.3 Å². The Kier molecular flexibility index (Phi) is 5.52. The fourth-order valence-corrected chi connectivity index (χ4v) is 4.60. The number of aliphatic carboxylic acids is 1. The molecule has 11 heteroatoms. The summed E-state index contributed by atoms with van der Waals surface area (Å²) in [7, 11) is 0. The van der Waals surface area contributed by atoms with Crippen LogP contribution in [0.5, 0.6) is 0 Å². The highest BCUT2D eigenvalue weighted by atomic mass is 32.1. The van der Waals surface area contributed by atoms with Crippen molar-refractivity contribution in [3.63, 3.8) is 0 Å². The molecule has 1 saturated heterocycles. The number of carboxylic acid groups (broad SMARTS) is 1. The van der Waals surface area contributed by atoms with Gasteiger partial charge in [-0.05, 0) is 24.6 Å². The van der Waals surface area contributed by atoms with Crippen LogP contribution in [-0.4, -0.2) is 51.8 Å². The number of carboxylic acids is 1. The van der Waals surface area contributed by atoms with E-state index in [0.29, 0.717) is 16.4 Å². The minimum atomic E-state index is -3.16. The summed E-state index contributed by atoms with van der Waals surface area (Å²) in [6, 6.07) is 6.21. The van der Waals surface area contributed by atoms with Crippen LogP contribution in [0, 0.1) is 17.1 Å². The zero-order valence-electron chi connectivity index (χ0n) is 16.8. The number of hydrogen-bond donors (Lipinski definition) is 2. The number of nitrogens with one attached hydrogen (secondary N) is 1. The van der Waals surface area contributed by atoms with Crippen molar-refractivity contribution >= 4 is 23.1 Å². The standard InChI is InChI=1S/C21H18F3N5O2S/c1-20(12-2-4-13(22)5-3-12)14(9-25)15(27-17(28-20)18-26-6-7-32-18)10-29-11-21(23,24)8-16(29)19(30)31/h2-7,16H,8,10-11H2,1H3,(H,27,28)(H,30,31)/t16?,20-/m0/s1. The highest BCUT2D eigenvalue weighted by Gasteiger charge is 2.49. The van der Waals surface area contributed by atoms with E-state index in [2.05, 4.69) is 21.4 Å². The average molecular weight is 461 g/mol. The van der Waals surface area contributed by atoms with Gasteiger partial charge in [0.1, 0.15) is 17.4 Å². The van der Waals surface area contributed by atoms with E-state index in [-0.39, 0.29) is 17.8 Å². The normalized spacial score (nSPS) is 25.2. The van der Waals surface area contributed by atoms with E-state index in [0.717, 1.165) is 4.90 Å². The van der Waals surface area contributed by atoms with Gasteiger partial charge in [-0.2, -0.15) is 5.26 Å². The smallest absolute Gasteiger partial charge is 0.321 e. The van der Waals surface area contributed by atoms with Crippen LogP contribution >= 0.6 is 11.3 Å². The van der Waals surface area contributed by atoms with E-state index in [1.165, 1.54) is 35.6 Å². The Morgan fingerprint density at radius 1 is 1.41 bits per heavy atom. The number of carbonyl (C=O) groups is 1. The first-order valence-corrected chi connectivity index (χ1v) is 10.5. The van der Waals surface area contributed by atoms with Crippen molar-refractivity contribution in [1.29, 1.82) is 5.26 Å². The number of aromatic nitrogens is 1. The van der Waals surface area contributed by atoms with Gasteiger partial charge in [0.25, 0.3) is 5.92 Å². The largest absolute Gasteiger partial charge is 0.480 e. The third-order valence-corrected chi connectivity index (χ3v) is 6.34. The maximum atomic E-state index is 14.0. The first-order chi connectivity index (χ1) is 15.1. The lowest BCUT2D eigenvalue weighted by atomic mass is 9.83. The fourth-order valence-electron chi connectivity index (χ4n) is 4.02. The van der Waals surface area contributed by atoms with Crippen LogP contribution in [0.15, 0.2) is 52.1 Å². The van der Waals surface area contributed by atoms with Gasteiger partial charge in [0.15, 0.2) is 10.8 Å². The lowest BCUT2D eigenvalue weighted by Gasteiger charge is -2.34. The monoisotopic (exact) mass is 461 g/mol. The Labute approximate surface area is 185 Å². The van der Waals surface area contributed by atoms with Crippen molar-refractivity contribution in [3.05, 3.63) is 63.5 Å². The predicted molar refractivity (Wildman–Crippen MR) is 111 cm³/mol. The molecule has 7 nitrogen and oxygen atoms in total. The molecule has 2 aliphatic rings. The number of thiazole rings is 1. The molecule has 32 heavy (non-hydrogen) atoms. The molecule has 1 aromatic heterocycles. The third-order valence-electron chi connectivity index (χ3n) is 5.56. The van der Waals surface area contributed by atoms with Crippen LogP contribution in [0.3, 0.4) is 0 Å². The SMILES string of the molecule is C[C@@]1(c2ccc(F)cc2)N=C(c2nccs2)NC(CN2CC(F)(F)CC2C(=O)O)=C1C#N. The van der Waals surface area contributed by atoms with Gasteiger partial charge in [-0.25, -0.2) is 23.1 Å². The Morgan fingerprint density at radius 2 is 2.12 bits per heavy atom. The van der Waals surface area contributed by atoms with Crippen LogP contribution in [0.2, 0.25) is 0 Å². The van der Waals surface area contributed by atoms with Gasteiger partial charge < -0.3 is 10.4 Å². The number of nitrogens with zero attached hydrogens (tertiary/aromatic N) is 4. The number of likely N-dealkylation sites (tertiary alicyclic amines) is 1. The van der Waals surface area contributed by atoms with Crippen molar-refractivity contribution in [1.82, 2.24) is 15.2 Å². The van der Waals surface area contributed by atoms with E-state index in [4.69, 9.17) is 0 Å². The van der Waals surface area contributed by atoms with E-state index in [1.54, 1.807) is 18.5 Å². The lowest BCUT2D eigenvalue weighted by molar-refractivity contribution is -0.142. The number of hydrogen-bond acceptors (Lipinski definition) is 7. The summed E-state index contributed by atoms with van der Waals surface area (Å²) in [5.41, 5.74) is -0.359. The van der Waals surface area contributed by atoms with Crippen LogP contribution in [0.25, 0.3) is 0 Å². The topological polar surface area (TPSA) is 102 Å². The van der Waals surface area contributed by atoms with Gasteiger partial charge in [0.05, 0.1) is 18.2 Å². The van der Waals surface area contributed by atoms with E-state index in [9.17, 15) is 28.3 Å². The Balaban J connectivity index is 1.80. The lowest BCUT2D eigenvalue weighted by Crippen LogP contribution is -2.45. The number of rotatable bonds is 5. The molecule has 0 spiro atoms. The van der Waals surface area contributed by atoms with Crippen molar-refractivity contribution in [2.24, 2.45) is 4.99 Å². The molecule has 0 aliphatic carbocycles. The number of alkyl halides is 2. The summed E-state index contributed by atoms with van der Waals surface area (Å²) in [5.74, 6) is -4.65. The van der Waals surface area contributed by atoms with Crippen molar-refractivity contribution in [2.45, 2.75) is 30.8 Å². The first-order valence-electron chi connectivity index (χ1n) is 9.64. The second-order valence-electron chi connectivity index (χ2n) is 7.79. The molecular formula is C21H18F3N5O2S. The van der Waals surface area contributed by atoms with E-state index < -0.39 is 42.3 Å². The van der Waals surface area contributed by atoms with Gasteiger partial charge in [0, 0.05) is 30.2 Å². The van der Waals surface area contributed by atoms with Crippen LogP contribution in [0.4, 0.5) is 13.2 Å². The van der Waals surface area contributed by atoms with Crippen LogP contribution < -0.4 is 5.32 Å². The Hall–Kier alpha value is -3.23. The maximum absolute atomic E-state index is 14.0. The highest BCUT2D eigenvalue weighted by molar-refractivity contribution is 7.11. The van der Waals surface area contributed by atoms with Gasteiger partial charge in [0.2, 0.25) is 0 Å². The molecule has 0 radical (unpaired) electrons. The number of amidine groups is 1. The molecule has 1 aromatic carbocycles. The molecule has 2 N–H and O–H groups in total. The number of aliphatic imine (C=N–C) groups is 1. The second kappa shape index (κ2) is 8.03. The van der Waals surface area contributed by atoms with Crippen LogP contribution in [0.1, 0.15) is 23.9 Å². The van der Waals surface area contributed by atoms with Crippen molar-refractivity contribution in [3.8, 4) is 6.07 Å². The molecule has 0 bridgehead atoms. The number of nitriles is 1. The Morgan fingerprint density at radius 3 is 2.72 bits per heavy atom. The molecule has 4 rings (SSSR count). The first kappa shape index (κ1) is 22.0. The zero-order valence-corrected chi connectivity index (χ0v) is 17.7. The van der Waals surface area contributed by atoms with Gasteiger partial charge in [-0.3, -0.25) is 9.69 Å². The summed E-state index contributed by atoms with van der Waals surface area (Å²) >= 11 is 1.29. The minimum Gasteiger partial charge on any atom is -0.480 e. The maximum Gasteiger partial charge on any atom is 0.321 e. The summed E-state index contributed by atoms with van der Waals surface area (Å²) in [5, 5.41) is 24.7. The molecule has 1 fully saturated rings. The van der Waals surface area contributed by atoms with Crippen molar-refractivity contribution in [2.75, 3.05) is 13.1 Å². The van der Waals surface area contributed by atoms with Gasteiger partial charge in [-0.1, -0.05) is 12.1 Å². The summed E-state index contributed by atoms with van der Waals surface area (Å²) in [4.78, 5) is 21.6. The van der Waals surface area contributed by atoms with Crippen molar-refractivity contribution < 1.29 is 23.1 Å². The minimum absolute atomic E-state index is 0.128. The highest BCUT2D eigenvalue weighted by Crippen LogP contribution is 2.39. The fraction of sp³-hybridized carbons (Fsp3) is 0.333. The number of halogens is 3. The summed E-state index contributed by atoms with van der Waals surface area (Å²) in [6.07, 6.45) is 0.768. The molecule has 2 aliphatic heterocycles. The molecule has 3 heterocycles. The summed E-state index contributed by atoms with van der Waals surface area (Å²) in [6.45, 7) is 0.696. The molecular weight excluding hydrogens is 443 g/mol. The summed E-state index contributed by atoms with van der Waals surface area (Å²) < 4.78 is 41.6. The van der Waals surface area contributed by atoms with E-state index in [1.807, 2.05) is 0 Å². The predicted octanol–water partition coefficient (Wildman–Crippen LogP) is 3.12. The quantitative estimate of drug-likeness (QED) is 0.710. The molecule has 2 atom stereocenters. The molecule has 1 unspecified atom stereocenters. The Bertz CT molecular complexity index is 1140. The molecule has 2 aromatic rings. The molecule has 0 amide bonds. The number of benzene rings is 1.